The van der Waals surface area contributed by atoms with Crippen molar-refractivity contribution in [2.24, 2.45) is 5.73 Å². The van der Waals surface area contributed by atoms with Crippen LogP contribution >= 0.6 is 0 Å². The number of methoxy groups -OCH3 is 1. The van der Waals surface area contributed by atoms with Crippen molar-refractivity contribution in [3.8, 4) is 0 Å². The molecule has 94 valence electrons. The Morgan fingerprint density at radius 1 is 1.50 bits per heavy atom. The first-order valence-corrected chi connectivity index (χ1v) is 5.57. The minimum Gasteiger partial charge on any atom is -0.444 e. The van der Waals surface area contributed by atoms with Gasteiger partial charge in [0.2, 0.25) is 0 Å². The van der Waals surface area contributed by atoms with Crippen molar-refractivity contribution in [1.29, 1.82) is 0 Å². The third-order valence-corrected chi connectivity index (χ3v) is 2.43. The molecule has 2 N–H and O–H groups in total. The van der Waals surface area contributed by atoms with E-state index in [4.69, 9.17) is 15.2 Å². The van der Waals surface area contributed by atoms with E-state index in [-0.39, 0.29) is 18.2 Å². The summed E-state index contributed by atoms with van der Waals surface area (Å²) in [7, 11) is 1.62. The predicted octanol–water partition coefficient (Wildman–Crippen LogP) is 0.969. The average molecular weight is 230 g/mol. The van der Waals surface area contributed by atoms with Gasteiger partial charge in [-0.15, -0.1) is 0 Å². The van der Waals surface area contributed by atoms with E-state index in [2.05, 4.69) is 0 Å². The van der Waals surface area contributed by atoms with Crippen LogP contribution in [0.4, 0.5) is 4.79 Å². The maximum absolute atomic E-state index is 11.9. The molecule has 1 aliphatic heterocycles. The van der Waals surface area contributed by atoms with Crippen molar-refractivity contribution >= 4 is 6.09 Å². The van der Waals surface area contributed by atoms with Crippen molar-refractivity contribution in [3.63, 3.8) is 0 Å². The fraction of sp³-hybridized carbons (Fsp3) is 0.909. The first kappa shape index (κ1) is 13.3. The van der Waals surface area contributed by atoms with E-state index < -0.39 is 5.60 Å². The molecule has 0 spiro atoms. The molecule has 5 heteroatoms. The Morgan fingerprint density at radius 2 is 2.12 bits per heavy atom. The second-order valence-electron chi connectivity index (χ2n) is 5.24. The van der Waals surface area contributed by atoms with Crippen LogP contribution in [-0.4, -0.2) is 48.9 Å². The van der Waals surface area contributed by atoms with Gasteiger partial charge in [-0.3, -0.25) is 0 Å². The summed E-state index contributed by atoms with van der Waals surface area (Å²) < 4.78 is 10.4. The van der Waals surface area contributed by atoms with Crippen LogP contribution in [0, 0.1) is 0 Å². The molecule has 5 nitrogen and oxygen atoms in total. The number of likely N-dealkylation sites (tertiary alicyclic amines) is 1. The number of hydrogen-bond donors (Lipinski definition) is 1. The number of carbonyl (C=O) groups excluding carboxylic acids is 1. The second kappa shape index (κ2) is 5.01. The van der Waals surface area contributed by atoms with Crippen LogP contribution in [0.2, 0.25) is 0 Å². The molecule has 0 aliphatic carbocycles. The number of nitrogens with two attached hydrogens (primary N) is 1. The minimum absolute atomic E-state index is 0.0210. The topological polar surface area (TPSA) is 64.8 Å². The van der Waals surface area contributed by atoms with Crippen molar-refractivity contribution in [3.05, 3.63) is 0 Å². The molecule has 16 heavy (non-hydrogen) atoms. The monoisotopic (exact) mass is 230 g/mol. The third kappa shape index (κ3) is 3.64. The zero-order chi connectivity index (χ0) is 12.3. The van der Waals surface area contributed by atoms with Crippen LogP contribution in [0.3, 0.4) is 0 Å². The highest BCUT2D eigenvalue weighted by molar-refractivity contribution is 5.69. The van der Waals surface area contributed by atoms with E-state index in [0.717, 1.165) is 6.42 Å². The van der Waals surface area contributed by atoms with Gasteiger partial charge in [0.25, 0.3) is 0 Å². The smallest absolute Gasteiger partial charge is 0.410 e. The average Bonchev–Trinajstić information content (AvgIpc) is 2.44. The lowest BCUT2D eigenvalue weighted by Gasteiger charge is -2.28. The molecular weight excluding hydrogens is 208 g/mol. The summed E-state index contributed by atoms with van der Waals surface area (Å²) in [6, 6.07) is 0.0579. The maximum atomic E-state index is 11.9. The third-order valence-electron chi connectivity index (χ3n) is 2.43. The van der Waals surface area contributed by atoms with Gasteiger partial charge in [-0.1, -0.05) is 0 Å². The van der Waals surface area contributed by atoms with Crippen LogP contribution in [0.25, 0.3) is 0 Å². The molecule has 1 fully saturated rings. The van der Waals surface area contributed by atoms with E-state index >= 15 is 0 Å². The number of nitrogens with zero attached hydrogens (tertiary/aromatic N) is 1. The molecule has 0 radical (unpaired) electrons. The number of rotatable bonds is 2. The standard InChI is InChI=1S/C11H22N2O3/c1-11(2,3)16-10(14)13-6-8(12)5-9(13)7-15-4/h8-9H,5-7,12H2,1-4H3/t8-,9-/m0/s1. The summed E-state index contributed by atoms with van der Waals surface area (Å²) in [6.45, 7) is 6.61. The van der Waals surface area contributed by atoms with Crippen LogP contribution < -0.4 is 5.73 Å². The number of carbonyl (C=O) groups is 1. The molecule has 1 amide bonds. The summed E-state index contributed by atoms with van der Waals surface area (Å²) in [5, 5.41) is 0. The summed E-state index contributed by atoms with van der Waals surface area (Å²) in [5.41, 5.74) is 5.37. The molecule has 0 saturated carbocycles. The zero-order valence-corrected chi connectivity index (χ0v) is 10.5. The first-order valence-electron chi connectivity index (χ1n) is 5.57. The Labute approximate surface area is 96.9 Å². The quantitative estimate of drug-likeness (QED) is 0.767. The molecule has 0 aromatic carbocycles. The Balaban J connectivity index is 2.59. The summed E-state index contributed by atoms with van der Waals surface area (Å²) in [5.74, 6) is 0. The number of hydrogen-bond acceptors (Lipinski definition) is 4. The molecule has 1 saturated heterocycles. The lowest BCUT2D eigenvalue weighted by atomic mass is 10.2. The zero-order valence-electron chi connectivity index (χ0n) is 10.5. The van der Waals surface area contributed by atoms with Crippen LogP contribution in [0.5, 0.6) is 0 Å². The van der Waals surface area contributed by atoms with Gasteiger partial charge in [0.05, 0.1) is 12.6 Å². The van der Waals surface area contributed by atoms with Gasteiger partial charge >= 0.3 is 6.09 Å². The van der Waals surface area contributed by atoms with Crippen LogP contribution in [0.1, 0.15) is 27.2 Å². The minimum atomic E-state index is -0.471. The van der Waals surface area contributed by atoms with Gasteiger partial charge < -0.3 is 20.1 Å². The van der Waals surface area contributed by atoms with E-state index in [1.807, 2.05) is 20.8 Å². The van der Waals surface area contributed by atoms with Crippen LogP contribution in [-0.2, 0) is 9.47 Å². The summed E-state index contributed by atoms with van der Waals surface area (Å²) >= 11 is 0. The summed E-state index contributed by atoms with van der Waals surface area (Å²) in [6.07, 6.45) is 0.468. The molecule has 2 atom stereocenters. The van der Waals surface area contributed by atoms with Gasteiger partial charge in [-0.2, -0.15) is 0 Å². The first-order chi connectivity index (χ1) is 7.33. The maximum Gasteiger partial charge on any atom is 0.410 e. The predicted molar refractivity (Wildman–Crippen MR) is 61.2 cm³/mol. The molecular formula is C11H22N2O3. The lowest BCUT2D eigenvalue weighted by molar-refractivity contribution is 0.0147. The molecule has 0 aromatic rings. The summed E-state index contributed by atoms with van der Waals surface area (Å²) in [4.78, 5) is 13.6. The highest BCUT2D eigenvalue weighted by atomic mass is 16.6. The lowest BCUT2D eigenvalue weighted by Crippen LogP contribution is -2.42. The van der Waals surface area contributed by atoms with Gasteiger partial charge in [-0.05, 0) is 27.2 Å². The largest absolute Gasteiger partial charge is 0.444 e. The van der Waals surface area contributed by atoms with E-state index in [0.29, 0.717) is 13.2 Å². The van der Waals surface area contributed by atoms with Crippen molar-refractivity contribution in [1.82, 2.24) is 4.90 Å². The SMILES string of the molecule is COC[C@@H]1C[C@H](N)CN1C(=O)OC(C)(C)C. The number of ether oxygens (including phenoxy) is 2. The van der Waals surface area contributed by atoms with Gasteiger partial charge in [0, 0.05) is 19.7 Å². The van der Waals surface area contributed by atoms with Gasteiger partial charge in [-0.25, -0.2) is 4.79 Å². The second-order valence-corrected chi connectivity index (χ2v) is 5.24. The fourth-order valence-electron chi connectivity index (χ4n) is 1.85. The van der Waals surface area contributed by atoms with Crippen molar-refractivity contribution in [2.45, 2.75) is 44.9 Å². The Hall–Kier alpha value is -0.810. The Kier molecular flexibility index (Phi) is 4.15. The normalized spacial score (nSPS) is 25.9. The molecule has 0 aromatic heterocycles. The highest BCUT2D eigenvalue weighted by Gasteiger charge is 2.35. The van der Waals surface area contributed by atoms with Crippen LogP contribution in [0.15, 0.2) is 0 Å². The Bertz CT molecular complexity index is 250. The highest BCUT2D eigenvalue weighted by Crippen LogP contribution is 2.20. The fourth-order valence-corrected chi connectivity index (χ4v) is 1.85. The van der Waals surface area contributed by atoms with Crippen molar-refractivity contribution in [2.75, 3.05) is 20.3 Å². The van der Waals surface area contributed by atoms with E-state index in [1.165, 1.54) is 0 Å². The van der Waals surface area contributed by atoms with Gasteiger partial charge in [0.1, 0.15) is 5.60 Å². The number of amides is 1. The molecule has 0 bridgehead atoms. The van der Waals surface area contributed by atoms with Gasteiger partial charge in [0.15, 0.2) is 0 Å². The molecule has 1 heterocycles. The molecule has 1 rings (SSSR count). The van der Waals surface area contributed by atoms with E-state index in [9.17, 15) is 4.79 Å². The Morgan fingerprint density at radius 3 is 2.62 bits per heavy atom. The van der Waals surface area contributed by atoms with Crippen molar-refractivity contribution < 1.29 is 14.3 Å². The van der Waals surface area contributed by atoms with E-state index in [1.54, 1.807) is 12.0 Å². The molecule has 1 aliphatic rings. The molecule has 0 unspecified atom stereocenters.